The number of nitrogens with zero attached hydrogens (tertiary/aromatic N) is 2. The van der Waals surface area contributed by atoms with Crippen molar-refractivity contribution in [3.05, 3.63) is 51.3 Å². The lowest BCUT2D eigenvalue weighted by atomic mass is 9.97. The highest BCUT2D eigenvalue weighted by Gasteiger charge is 2.24. The molecule has 102 valence electrons. The third kappa shape index (κ3) is 2.78. The van der Waals surface area contributed by atoms with E-state index in [0.717, 1.165) is 5.69 Å². The molecule has 1 N–H and O–H groups in total. The van der Waals surface area contributed by atoms with E-state index in [2.05, 4.69) is 5.10 Å². The number of aliphatic hydroxyl groups excluding tert-OH is 1. The van der Waals surface area contributed by atoms with Crippen LogP contribution in [0.4, 0.5) is 0 Å². The summed E-state index contributed by atoms with van der Waals surface area (Å²) in [6.07, 6.45) is -0.822. The van der Waals surface area contributed by atoms with Gasteiger partial charge in [-0.25, -0.2) is 0 Å². The second kappa shape index (κ2) is 5.53. The molecule has 3 nitrogen and oxygen atoms in total. The van der Waals surface area contributed by atoms with Crippen molar-refractivity contribution in [1.29, 1.82) is 0 Å². The van der Waals surface area contributed by atoms with Gasteiger partial charge in [0.1, 0.15) is 11.3 Å². The number of aromatic nitrogens is 2. The van der Waals surface area contributed by atoms with Crippen LogP contribution < -0.4 is 0 Å². The standard InChI is InChI=1S/C14H16Cl2N2O/c1-8(2)12-11(14(16)18(3)17-12)13(19)9-5-4-6-10(15)7-9/h4-8,13,19H,1-3H3. The van der Waals surface area contributed by atoms with E-state index in [1.54, 1.807) is 29.9 Å². The number of aliphatic hydroxyl groups is 1. The normalized spacial score (nSPS) is 13.0. The zero-order chi connectivity index (χ0) is 14.2. The van der Waals surface area contributed by atoms with Gasteiger partial charge in [-0.2, -0.15) is 5.10 Å². The zero-order valence-electron chi connectivity index (χ0n) is 11.1. The van der Waals surface area contributed by atoms with E-state index >= 15 is 0 Å². The molecule has 5 heteroatoms. The molecule has 0 saturated carbocycles. The van der Waals surface area contributed by atoms with Crippen LogP contribution in [-0.4, -0.2) is 14.9 Å². The van der Waals surface area contributed by atoms with E-state index in [0.29, 0.717) is 21.3 Å². The fraction of sp³-hybridized carbons (Fsp3) is 0.357. The molecule has 0 amide bonds. The molecule has 0 saturated heterocycles. The minimum Gasteiger partial charge on any atom is -0.383 e. The van der Waals surface area contributed by atoms with Gasteiger partial charge >= 0.3 is 0 Å². The Morgan fingerprint density at radius 3 is 2.53 bits per heavy atom. The fourth-order valence-electron chi connectivity index (χ4n) is 2.06. The monoisotopic (exact) mass is 298 g/mol. The first-order valence-corrected chi connectivity index (χ1v) is 6.83. The van der Waals surface area contributed by atoms with E-state index in [1.165, 1.54) is 0 Å². The molecule has 0 aliphatic heterocycles. The van der Waals surface area contributed by atoms with E-state index in [-0.39, 0.29) is 5.92 Å². The number of halogens is 2. The summed E-state index contributed by atoms with van der Waals surface area (Å²) >= 11 is 12.2. The fourth-order valence-corrected chi connectivity index (χ4v) is 2.50. The summed E-state index contributed by atoms with van der Waals surface area (Å²) in [5.41, 5.74) is 2.17. The maximum Gasteiger partial charge on any atom is 0.133 e. The van der Waals surface area contributed by atoms with Crippen molar-refractivity contribution in [3.63, 3.8) is 0 Å². The maximum absolute atomic E-state index is 10.5. The molecule has 1 heterocycles. The lowest BCUT2D eigenvalue weighted by Gasteiger charge is -2.13. The van der Waals surface area contributed by atoms with Crippen molar-refractivity contribution in [2.24, 2.45) is 7.05 Å². The predicted octanol–water partition coefficient (Wildman–Crippen LogP) is 3.93. The average molecular weight is 299 g/mol. The Bertz CT molecular complexity index is 593. The summed E-state index contributed by atoms with van der Waals surface area (Å²) in [6, 6.07) is 7.13. The first-order chi connectivity index (χ1) is 8.91. The van der Waals surface area contributed by atoms with Crippen molar-refractivity contribution in [2.75, 3.05) is 0 Å². The smallest absolute Gasteiger partial charge is 0.133 e. The quantitative estimate of drug-likeness (QED) is 0.932. The second-order valence-corrected chi connectivity index (χ2v) is 5.62. The van der Waals surface area contributed by atoms with Gasteiger partial charge in [-0.05, 0) is 23.6 Å². The first-order valence-electron chi connectivity index (χ1n) is 6.07. The summed E-state index contributed by atoms with van der Waals surface area (Å²) in [6.45, 7) is 4.04. The first kappa shape index (κ1) is 14.4. The van der Waals surface area contributed by atoms with Crippen LogP contribution in [0.2, 0.25) is 10.2 Å². The van der Waals surface area contributed by atoms with Gasteiger partial charge in [-0.15, -0.1) is 0 Å². The van der Waals surface area contributed by atoms with Crippen LogP contribution in [-0.2, 0) is 7.05 Å². The number of benzene rings is 1. The third-order valence-electron chi connectivity index (χ3n) is 3.02. The van der Waals surface area contributed by atoms with Crippen molar-refractivity contribution in [3.8, 4) is 0 Å². The highest BCUT2D eigenvalue weighted by Crippen LogP contribution is 2.34. The van der Waals surface area contributed by atoms with Crippen LogP contribution in [0.25, 0.3) is 0 Å². The summed E-state index contributed by atoms with van der Waals surface area (Å²) < 4.78 is 1.58. The van der Waals surface area contributed by atoms with Crippen molar-refractivity contribution < 1.29 is 5.11 Å². The van der Waals surface area contributed by atoms with Crippen LogP contribution in [0.5, 0.6) is 0 Å². The molecule has 2 aromatic rings. The molecule has 19 heavy (non-hydrogen) atoms. The molecule has 0 spiro atoms. The lowest BCUT2D eigenvalue weighted by Crippen LogP contribution is -2.04. The number of hydrogen-bond donors (Lipinski definition) is 1. The SMILES string of the molecule is CC(C)c1nn(C)c(Cl)c1C(O)c1cccc(Cl)c1. The van der Waals surface area contributed by atoms with Crippen LogP contribution in [0.15, 0.2) is 24.3 Å². The lowest BCUT2D eigenvalue weighted by molar-refractivity contribution is 0.219. The van der Waals surface area contributed by atoms with Gasteiger partial charge < -0.3 is 5.11 Å². The Balaban J connectivity index is 2.52. The summed E-state index contributed by atoms with van der Waals surface area (Å²) in [4.78, 5) is 0. The van der Waals surface area contributed by atoms with Gasteiger partial charge in [0.05, 0.1) is 5.69 Å². The largest absolute Gasteiger partial charge is 0.383 e. The number of aryl methyl sites for hydroxylation is 1. The summed E-state index contributed by atoms with van der Waals surface area (Å²) in [5.74, 6) is 0.183. The van der Waals surface area contributed by atoms with Crippen LogP contribution in [0, 0.1) is 0 Å². The average Bonchev–Trinajstić information content (AvgIpc) is 2.65. The topological polar surface area (TPSA) is 38.0 Å². The Morgan fingerprint density at radius 2 is 1.95 bits per heavy atom. The van der Waals surface area contributed by atoms with Crippen molar-refractivity contribution in [2.45, 2.75) is 25.9 Å². The Kier molecular flexibility index (Phi) is 4.19. The minimum atomic E-state index is -0.822. The molecule has 0 radical (unpaired) electrons. The zero-order valence-corrected chi connectivity index (χ0v) is 12.6. The van der Waals surface area contributed by atoms with Crippen molar-refractivity contribution >= 4 is 23.2 Å². The number of hydrogen-bond acceptors (Lipinski definition) is 2. The maximum atomic E-state index is 10.5. The van der Waals surface area contributed by atoms with Crippen LogP contribution in [0.3, 0.4) is 0 Å². The molecule has 0 aliphatic carbocycles. The Morgan fingerprint density at radius 1 is 1.26 bits per heavy atom. The molecule has 1 aromatic carbocycles. The van der Waals surface area contributed by atoms with Gasteiger partial charge in [0.2, 0.25) is 0 Å². The molecular weight excluding hydrogens is 283 g/mol. The van der Waals surface area contributed by atoms with E-state index in [4.69, 9.17) is 23.2 Å². The summed E-state index contributed by atoms with van der Waals surface area (Å²) in [7, 11) is 1.77. The van der Waals surface area contributed by atoms with Gasteiger partial charge in [0, 0.05) is 17.6 Å². The van der Waals surface area contributed by atoms with E-state index in [1.807, 2.05) is 19.9 Å². The van der Waals surface area contributed by atoms with Gasteiger partial charge in [0.15, 0.2) is 0 Å². The second-order valence-electron chi connectivity index (χ2n) is 4.83. The van der Waals surface area contributed by atoms with Gasteiger partial charge in [0.25, 0.3) is 0 Å². The molecule has 0 fully saturated rings. The molecule has 1 aromatic heterocycles. The highest BCUT2D eigenvalue weighted by molar-refractivity contribution is 6.31. The van der Waals surface area contributed by atoms with Crippen LogP contribution in [0.1, 0.15) is 42.7 Å². The molecule has 1 atom stereocenters. The van der Waals surface area contributed by atoms with Gasteiger partial charge in [-0.3, -0.25) is 4.68 Å². The molecule has 0 bridgehead atoms. The molecular formula is C14H16Cl2N2O. The van der Waals surface area contributed by atoms with Crippen LogP contribution >= 0.6 is 23.2 Å². The Hall–Kier alpha value is -1.03. The molecule has 0 aliphatic rings. The molecule has 2 rings (SSSR count). The van der Waals surface area contributed by atoms with E-state index in [9.17, 15) is 5.11 Å². The van der Waals surface area contributed by atoms with Gasteiger partial charge in [-0.1, -0.05) is 49.2 Å². The molecule has 1 unspecified atom stereocenters. The highest BCUT2D eigenvalue weighted by atomic mass is 35.5. The predicted molar refractivity (Wildman–Crippen MR) is 77.8 cm³/mol. The summed E-state index contributed by atoms with van der Waals surface area (Å²) in [5, 5.41) is 16.0. The number of rotatable bonds is 3. The third-order valence-corrected chi connectivity index (χ3v) is 3.71. The van der Waals surface area contributed by atoms with Crippen molar-refractivity contribution in [1.82, 2.24) is 9.78 Å². The van der Waals surface area contributed by atoms with E-state index < -0.39 is 6.10 Å². The Labute approximate surface area is 122 Å². The minimum absolute atomic E-state index is 0.183.